The summed E-state index contributed by atoms with van der Waals surface area (Å²) in [6, 6.07) is 0. The summed E-state index contributed by atoms with van der Waals surface area (Å²) in [4.78, 5) is 11.1. The van der Waals surface area contributed by atoms with Gasteiger partial charge in [0.2, 0.25) is 0 Å². The van der Waals surface area contributed by atoms with E-state index in [9.17, 15) is 4.79 Å². The zero-order valence-corrected chi connectivity index (χ0v) is 8.60. The quantitative estimate of drug-likeness (QED) is 0.559. The fourth-order valence-corrected chi connectivity index (χ4v) is 0.928. The van der Waals surface area contributed by atoms with E-state index in [-0.39, 0.29) is 31.5 Å². The molecule has 2 atom stereocenters. The lowest BCUT2D eigenvalue weighted by molar-refractivity contribution is -0.151. The maximum atomic E-state index is 11.1. The fraction of sp³-hybridized carbons (Fsp3) is 0.889. The molecule has 0 aromatic rings. The summed E-state index contributed by atoms with van der Waals surface area (Å²) >= 11 is 0. The first kappa shape index (κ1) is 13.4. The highest BCUT2D eigenvalue weighted by Crippen LogP contribution is 2.01. The van der Waals surface area contributed by atoms with Gasteiger partial charge in [-0.05, 0) is 13.3 Å². The van der Waals surface area contributed by atoms with Crippen LogP contribution in [-0.2, 0) is 14.3 Å². The molecule has 0 amide bonds. The molecule has 0 fully saturated rings. The summed E-state index contributed by atoms with van der Waals surface area (Å²) in [7, 11) is 1.53. The number of aliphatic hydroxyl groups excluding tert-OH is 2. The molecule has 5 nitrogen and oxygen atoms in total. The molecule has 0 aromatic carbocycles. The number of ether oxygens (including phenoxy) is 2. The number of carbonyl (C=O) groups excluding carboxylic acids is 1. The minimum atomic E-state index is -0.847. The van der Waals surface area contributed by atoms with Crippen molar-refractivity contribution in [1.82, 2.24) is 0 Å². The Kier molecular flexibility index (Phi) is 7.37. The molecule has 0 aliphatic rings. The molecule has 2 N–H and O–H groups in total. The van der Waals surface area contributed by atoms with E-state index in [0.717, 1.165) is 0 Å². The summed E-state index contributed by atoms with van der Waals surface area (Å²) in [5, 5.41) is 17.5. The Hall–Kier alpha value is -0.650. The molecule has 0 aromatic heterocycles. The van der Waals surface area contributed by atoms with Crippen molar-refractivity contribution in [2.45, 2.75) is 32.0 Å². The van der Waals surface area contributed by atoms with Gasteiger partial charge >= 0.3 is 5.97 Å². The van der Waals surface area contributed by atoms with Gasteiger partial charge in [0.05, 0.1) is 19.3 Å². The van der Waals surface area contributed by atoms with Gasteiger partial charge in [-0.2, -0.15) is 0 Å². The van der Waals surface area contributed by atoms with Gasteiger partial charge in [0, 0.05) is 13.5 Å². The van der Waals surface area contributed by atoms with Gasteiger partial charge in [-0.25, -0.2) is 0 Å². The average molecular weight is 206 g/mol. The van der Waals surface area contributed by atoms with Crippen LogP contribution in [0.25, 0.3) is 0 Å². The smallest absolute Gasteiger partial charge is 0.306 e. The van der Waals surface area contributed by atoms with Crippen molar-refractivity contribution in [3.8, 4) is 0 Å². The van der Waals surface area contributed by atoms with Crippen LogP contribution in [0.1, 0.15) is 19.8 Å². The monoisotopic (exact) mass is 206 g/mol. The Balaban J connectivity index is 3.54. The Morgan fingerprint density at radius 3 is 2.64 bits per heavy atom. The van der Waals surface area contributed by atoms with Gasteiger partial charge in [-0.1, -0.05) is 0 Å². The lowest BCUT2D eigenvalue weighted by Crippen LogP contribution is -2.21. The van der Waals surface area contributed by atoms with E-state index in [4.69, 9.17) is 19.7 Å². The average Bonchev–Trinajstić information content (AvgIpc) is 2.14. The molecule has 0 aliphatic heterocycles. The Morgan fingerprint density at radius 1 is 1.50 bits per heavy atom. The number of methoxy groups -OCH3 is 1. The van der Waals surface area contributed by atoms with E-state index in [0.29, 0.717) is 6.61 Å². The molecule has 0 saturated carbocycles. The largest absolute Gasteiger partial charge is 0.460 e. The SMILES string of the molecule is COCC(C)OC(=O)CCC(O)CO. The first-order valence-corrected chi connectivity index (χ1v) is 4.57. The number of hydrogen-bond donors (Lipinski definition) is 2. The predicted molar refractivity (Wildman–Crippen MR) is 49.8 cm³/mol. The Morgan fingerprint density at radius 2 is 2.14 bits per heavy atom. The minimum Gasteiger partial charge on any atom is -0.460 e. The maximum Gasteiger partial charge on any atom is 0.306 e. The number of rotatable bonds is 7. The van der Waals surface area contributed by atoms with E-state index in [1.165, 1.54) is 7.11 Å². The number of aliphatic hydroxyl groups is 2. The topological polar surface area (TPSA) is 76.0 Å². The molecular formula is C9H18O5. The lowest BCUT2D eigenvalue weighted by Gasteiger charge is -2.12. The first-order valence-electron chi connectivity index (χ1n) is 4.57. The summed E-state index contributed by atoms with van der Waals surface area (Å²) in [6.45, 7) is 1.75. The fourth-order valence-electron chi connectivity index (χ4n) is 0.928. The van der Waals surface area contributed by atoms with Gasteiger partial charge < -0.3 is 19.7 Å². The highest BCUT2D eigenvalue weighted by molar-refractivity contribution is 5.69. The van der Waals surface area contributed by atoms with E-state index < -0.39 is 6.10 Å². The van der Waals surface area contributed by atoms with Gasteiger partial charge in [0.1, 0.15) is 6.10 Å². The van der Waals surface area contributed by atoms with Crippen LogP contribution in [0.15, 0.2) is 0 Å². The van der Waals surface area contributed by atoms with Crippen molar-refractivity contribution >= 4 is 5.97 Å². The zero-order chi connectivity index (χ0) is 11.0. The third-order valence-corrected chi connectivity index (χ3v) is 1.63. The van der Waals surface area contributed by atoms with Crippen LogP contribution in [0.5, 0.6) is 0 Å². The molecule has 14 heavy (non-hydrogen) atoms. The molecular weight excluding hydrogens is 188 g/mol. The van der Waals surface area contributed by atoms with Crippen LogP contribution in [0, 0.1) is 0 Å². The molecule has 0 rings (SSSR count). The van der Waals surface area contributed by atoms with E-state index >= 15 is 0 Å². The van der Waals surface area contributed by atoms with E-state index in [1.807, 2.05) is 0 Å². The van der Waals surface area contributed by atoms with Crippen LogP contribution in [0.4, 0.5) is 0 Å². The van der Waals surface area contributed by atoms with Crippen molar-refractivity contribution in [1.29, 1.82) is 0 Å². The van der Waals surface area contributed by atoms with Crippen LogP contribution < -0.4 is 0 Å². The van der Waals surface area contributed by atoms with Gasteiger partial charge in [-0.3, -0.25) is 4.79 Å². The standard InChI is InChI=1S/C9H18O5/c1-7(6-13-2)14-9(12)4-3-8(11)5-10/h7-8,10-11H,3-6H2,1-2H3. The second kappa shape index (κ2) is 7.73. The predicted octanol–water partition coefficient (Wildman–Crippen LogP) is -0.302. The molecule has 2 unspecified atom stereocenters. The van der Waals surface area contributed by atoms with Crippen molar-refractivity contribution < 1.29 is 24.5 Å². The van der Waals surface area contributed by atoms with Crippen molar-refractivity contribution in [2.75, 3.05) is 20.3 Å². The van der Waals surface area contributed by atoms with Crippen LogP contribution in [0.2, 0.25) is 0 Å². The van der Waals surface area contributed by atoms with Gasteiger partial charge in [0.15, 0.2) is 0 Å². The van der Waals surface area contributed by atoms with Gasteiger partial charge in [-0.15, -0.1) is 0 Å². The highest BCUT2D eigenvalue weighted by Gasteiger charge is 2.11. The lowest BCUT2D eigenvalue weighted by atomic mass is 10.2. The van der Waals surface area contributed by atoms with Crippen molar-refractivity contribution in [2.24, 2.45) is 0 Å². The molecule has 0 heterocycles. The van der Waals surface area contributed by atoms with Gasteiger partial charge in [0.25, 0.3) is 0 Å². The highest BCUT2D eigenvalue weighted by atomic mass is 16.6. The van der Waals surface area contributed by atoms with Crippen LogP contribution >= 0.6 is 0 Å². The second-order valence-corrected chi connectivity index (χ2v) is 3.13. The Labute approximate surface area is 83.6 Å². The third kappa shape index (κ3) is 6.82. The molecule has 84 valence electrons. The molecule has 0 aliphatic carbocycles. The molecule has 0 radical (unpaired) electrons. The molecule has 0 spiro atoms. The summed E-state index contributed by atoms with van der Waals surface area (Å²) < 4.78 is 9.71. The van der Waals surface area contributed by atoms with E-state index in [1.54, 1.807) is 6.92 Å². The summed E-state index contributed by atoms with van der Waals surface area (Å²) in [6.07, 6.45) is -0.802. The Bertz CT molecular complexity index is 159. The number of hydrogen-bond acceptors (Lipinski definition) is 5. The van der Waals surface area contributed by atoms with E-state index in [2.05, 4.69) is 0 Å². The van der Waals surface area contributed by atoms with Crippen LogP contribution in [0.3, 0.4) is 0 Å². The van der Waals surface area contributed by atoms with Crippen LogP contribution in [-0.4, -0.2) is 48.7 Å². The molecule has 5 heteroatoms. The van der Waals surface area contributed by atoms with Crippen molar-refractivity contribution in [3.63, 3.8) is 0 Å². The third-order valence-electron chi connectivity index (χ3n) is 1.63. The molecule has 0 saturated heterocycles. The summed E-state index contributed by atoms with van der Waals surface area (Å²) in [5.74, 6) is -0.387. The second-order valence-electron chi connectivity index (χ2n) is 3.13. The zero-order valence-electron chi connectivity index (χ0n) is 8.60. The number of carbonyl (C=O) groups is 1. The minimum absolute atomic E-state index is 0.107. The number of esters is 1. The summed E-state index contributed by atoms with van der Waals surface area (Å²) in [5.41, 5.74) is 0. The first-order chi connectivity index (χ1) is 6.60. The maximum absolute atomic E-state index is 11.1. The molecule has 0 bridgehead atoms. The van der Waals surface area contributed by atoms with Crippen molar-refractivity contribution in [3.05, 3.63) is 0 Å². The normalized spacial score (nSPS) is 14.9.